The maximum Gasteiger partial charge on any atom is 0.300 e. The number of anilines is 1. The highest BCUT2D eigenvalue weighted by Crippen LogP contribution is 2.23. The fourth-order valence-electron chi connectivity index (χ4n) is 4.20. The van der Waals surface area contributed by atoms with Gasteiger partial charge in [-0.2, -0.15) is 0 Å². The van der Waals surface area contributed by atoms with Crippen molar-refractivity contribution in [2.75, 3.05) is 38.6 Å². The Morgan fingerprint density at radius 2 is 2.00 bits per heavy atom. The molecule has 0 bridgehead atoms. The van der Waals surface area contributed by atoms with Gasteiger partial charge in [0.05, 0.1) is 26.3 Å². The molecule has 174 valence electrons. The van der Waals surface area contributed by atoms with Crippen molar-refractivity contribution < 1.29 is 14.3 Å². The van der Waals surface area contributed by atoms with E-state index in [0.717, 1.165) is 50.1 Å². The Balaban J connectivity index is 1.78. The summed E-state index contributed by atoms with van der Waals surface area (Å²) in [6.45, 7) is 11.4. The lowest BCUT2D eigenvalue weighted by molar-refractivity contribution is -0.140. The second kappa shape index (κ2) is 11.2. The van der Waals surface area contributed by atoms with Crippen molar-refractivity contribution >= 4 is 17.5 Å². The molecule has 0 aromatic heterocycles. The Morgan fingerprint density at radius 1 is 1.27 bits per heavy atom. The number of nitrogens with one attached hydrogen (secondary N) is 2. The predicted octanol–water partition coefficient (Wildman–Crippen LogP) is 2.62. The number of benzene rings is 1. The molecule has 2 aliphatic heterocycles. The number of rotatable bonds is 7. The van der Waals surface area contributed by atoms with Gasteiger partial charge in [0.2, 0.25) is 11.8 Å². The second-order valence-corrected chi connectivity index (χ2v) is 8.30. The Hall–Kier alpha value is -3.72. The summed E-state index contributed by atoms with van der Waals surface area (Å²) in [5.74, 6) is 0.695. The van der Waals surface area contributed by atoms with Crippen LogP contribution in [-0.4, -0.2) is 60.9 Å². The minimum Gasteiger partial charge on any atom is -0.496 e. The number of methoxy groups -OCH3 is 1. The van der Waals surface area contributed by atoms with Gasteiger partial charge in [0.1, 0.15) is 17.6 Å². The monoisotopic (exact) mass is 450 g/mol. The molecule has 0 aliphatic carbocycles. The van der Waals surface area contributed by atoms with Crippen LogP contribution in [0.25, 0.3) is 4.85 Å². The average molecular weight is 451 g/mol. The Bertz CT molecular complexity index is 984. The van der Waals surface area contributed by atoms with Crippen molar-refractivity contribution in [1.82, 2.24) is 15.1 Å². The van der Waals surface area contributed by atoms with Crippen molar-refractivity contribution in [3.63, 3.8) is 0 Å². The highest BCUT2D eigenvalue weighted by Gasteiger charge is 2.31. The fourth-order valence-corrected chi connectivity index (χ4v) is 4.20. The van der Waals surface area contributed by atoms with Gasteiger partial charge >= 0.3 is 5.70 Å². The average Bonchev–Trinajstić information content (AvgIpc) is 3.30. The van der Waals surface area contributed by atoms with Gasteiger partial charge in [0.15, 0.2) is 0 Å². The van der Waals surface area contributed by atoms with E-state index in [1.807, 2.05) is 24.0 Å². The first-order valence-corrected chi connectivity index (χ1v) is 11.2. The molecular formula is C24H30N6O3. The van der Waals surface area contributed by atoms with Crippen LogP contribution in [0.5, 0.6) is 5.75 Å². The second-order valence-electron chi connectivity index (χ2n) is 8.30. The van der Waals surface area contributed by atoms with E-state index in [0.29, 0.717) is 18.7 Å². The summed E-state index contributed by atoms with van der Waals surface area (Å²) in [7, 11) is 1.59. The summed E-state index contributed by atoms with van der Waals surface area (Å²) in [6.07, 6.45) is 4.16. The highest BCUT2D eigenvalue weighted by molar-refractivity contribution is 5.88. The molecule has 2 saturated heterocycles. The molecule has 33 heavy (non-hydrogen) atoms. The lowest BCUT2D eigenvalue weighted by Crippen LogP contribution is -2.49. The van der Waals surface area contributed by atoms with Crippen LogP contribution >= 0.6 is 0 Å². The summed E-state index contributed by atoms with van der Waals surface area (Å²) in [4.78, 5) is 32.6. The molecule has 0 radical (unpaired) electrons. The molecule has 3 rings (SSSR count). The molecule has 1 unspecified atom stereocenters. The molecule has 1 atom stereocenters. The number of hydrogen-bond acceptors (Lipinski definition) is 6. The third-order valence-electron chi connectivity index (χ3n) is 6.00. The fraction of sp³-hybridized carbons (Fsp3) is 0.500. The van der Waals surface area contributed by atoms with Gasteiger partial charge in [0.25, 0.3) is 0 Å². The minimum atomic E-state index is -0.633. The van der Waals surface area contributed by atoms with Gasteiger partial charge in [-0.05, 0) is 62.8 Å². The quantitative estimate of drug-likeness (QED) is 0.489. The maximum atomic E-state index is 13.3. The van der Waals surface area contributed by atoms with Gasteiger partial charge < -0.3 is 25.2 Å². The van der Waals surface area contributed by atoms with Crippen molar-refractivity contribution in [2.45, 2.75) is 45.1 Å². The first-order chi connectivity index (χ1) is 16.0. The van der Waals surface area contributed by atoms with Crippen molar-refractivity contribution in [3.8, 4) is 11.8 Å². The lowest BCUT2D eigenvalue weighted by atomic mass is 10.1. The number of allylic oxidation sites excluding steroid dienone is 1. The van der Waals surface area contributed by atoms with Crippen LogP contribution < -0.4 is 15.4 Å². The molecule has 2 fully saturated rings. The highest BCUT2D eigenvalue weighted by atomic mass is 16.5. The smallest absolute Gasteiger partial charge is 0.300 e. The number of ether oxygens (including phenoxy) is 1. The van der Waals surface area contributed by atoms with Crippen LogP contribution in [-0.2, 0) is 9.59 Å². The van der Waals surface area contributed by atoms with Crippen molar-refractivity contribution in [2.24, 2.45) is 0 Å². The summed E-state index contributed by atoms with van der Waals surface area (Å²) < 4.78 is 5.29. The number of carbonyl (C=O) groups excluding carboxylic acids is 2. The van der Waals surface area contributed by atoms with E-state index >= 15 is 0 Å². The van der Waals surface area contributed by atoms with E-state index in [-0.39, 0.29) is 29.9 Å². The van der Waals surface area contributed by atoms with Gasteiger partial charge in [-0.1, -0.05) is 0 Å². The number of hydrogen-bond donors (Lipinski definition) is 2. The molecule has 2 amide bonds. The summed E-state index contributed by atoms with van der Waals surface area (Å²) in [5, 5.41) is 15.7. The number of likely N-dealkylation sites (tertiary alicyclic amines) is 2. The first kappa shape index (κ1) is 23.9. The van der Waals surface area contributed by atoms with Crippen LogP contribution in [0.15, 0.2) is 29.7 Å². The Labute approximate surface area is 194 Å². The largest absolute Gasteiger partial charge is 0.496 e. The van der Waals surface area contributed by atoms with Gasteiger partial charge in [-0.25, -0.2) is 10.1 Å². The van der Waals surface area contributed by atoms with E-state index in [9.17, 15) is 14.9 Å². The summed E-state index contributed by atoms with van der Waals surface area (Å²) in [6, 6.07) is 6.68. The van der Waals surface area contributed by atoms with E-state index in [1.54, 1.807) is 24.1 Å². The minimum absolute atomic E-state index is 0.0250. The molecule has 1 aromatic rings. The zero-order valence-electron chi connectivity index (χ0n) is 19.2. The zero-order valence-corrected chi connectivity index (χ0v) is 19.2. The van der Waals surface area contributed by atoms with Crippen molar-refractivity contribution in [1.29, 1.82) is 5.26 Å². The number of nitriles is 1. The third kappa shape index (κ3) is 5.95. The van der Waals surface area contributed by atoms with Crippen LogP contribution in [0.1, 0.15) is 37.7 Å². The SMILES string of the molecule is [C-]#[N+]/C(C#N)=C(\Nc1ccc(OC)c(C)c1)NC1CCCCN(CC(=O)N2CCCC2)C1=O. The van der Waals surface area contributed by atoms with Crippen LogP contribution in [0.2, 0.25) is 0 Å². The standard InChI is InChI=1S/C24H30N6O3/c1-17-14-18(9-10-21(17)33-3)27-23(20(15-25)26-2)28-19-8-4-5-13-30(24(19)32)16-22(31)29-11-6-7-12-29/h9-10,14,19,27-28H,4-8,11-13,16H2,1,3H3/b23-20+. The number of aryl methyl sites for hydroxylation is 1. The Morgan fingerprint density at radius 3 is 2.64 bits per heavy atom. The number of amides is 2. The van der Waals surface area contributed by atoms with E-state index in [1.165, 1.54) is 0 Å². The topological polar surface area (TPSA) is 102 Å². The molecule has 9 nitrogen and oxygen atoms in total. The molecule has 9 heteroatoms. The Kier molecular flexibility index (Phi) is 8.15. The molecule has 2 heterocycles. The molecule has 0 spiro atoms. The predicted molar refractivity (Wildman–Crippen MR) is 124 cm³/mol. The zero-order chi connectivity index (χ0) is 23.8. The first-order valence-electron chi connectivity index (χ1n) is 11.2. The summed E-state index contributed by atoms with van der Waals surface area (Å²) in [5.41, 5.74) is 1.38. The molecule has 2 aliphatic rings. The van der Waals surface area contributed by atoms with Crippen LogP contribution in [0, 0.1) is 24.8 Å². The molecule has 2 N–H and O–H groups in total. The van der Waals surface area contributed by atoms with Gasteiger partial charge in [-0.15, -0.1) is 0 Å². The molecular weight excluding hydrogens is 420 g/mol. The maximum absolute atomic E-state index is 13.3. The summed E-state index contributed by atoms with van der Waals surface area (Å²) >= 11 is 0. The van der Waals surface area contributed by atoms with E-state index in [2.05, 4.69) is 15.5 Å². The van der Waals surface area contributed by atoms with Crippen LogP contribution in [0.3, 0.4) is 0 Å². The number of carbonyl (C=O) groups is 2. The number of nitrogens with zero attached hydrogens (tertiary/aromatic N) is 4. The van der Waals surface area contributed by atoms with Gasteiger partial charge in [0, 0.05) is 25.3 Å². The molecule has 1 aromatic carbocycles. The van der Waals surface area contributed by atoms with Crippen molar-refractivity contribution in [3.05, 3.63) is 46.7 Å². The van der Waals surface area contributed by atoms with Crippen LogP contribution in [0.4, 0.5) is 5.69 Å². The third-order valence-corrected chi connectivity index (χ3v) is 6.00. The van der Waals surface area contributed by atoms with E-state index in [4.69, 9.17) is 11.3 Å². The normalized spacial score (nSPS) is 19.2. The van der Waals surface area contributed by atoms with E-state index < -0.39 is 6.04 Å². The lowest BCUT2D eigenvalue weighted by Gasteiger charge is -2.28. The van der Waals surface area contributed by atoms with Gasteiger partial charge in [-0.3, -0.25) is 9.59 Å². The molecule has 0 saturated carbocycles.